The van der Waals surface area contributed by atoms with Crippen molar-refractivity contribution in [2.75, 3.05) is 18.8 Å². The van der Waals surface area contributed by atoms with E-state index >= 15 is 0 Å². The standard InChI is InChI=1S/C28H38N2O3S/c1-19-15-21-9-6-7-10-22(21)16-30(19)17-27(32)25(18-34-23-11-4-3-5-12-23)29-28(33)24-13-8-14-26(31)20(24)2/h3-5,8,11-14,19,21-22,25,27,31-32H,6-7,9-10,15-18H2,1-2H3,(H,29,33)/t19-,21?,22?,25+,27?/m1/s1. The van der Waals surface area contributed by atoms with Gasteiger partial charge in [-0.3, -0.25) is 9.69 Å². The number of phenolic OH excluding ortho intramolecular Hbond substituents is 1. The molecule has 0 bridgehead atoms. The molecular formula is C28H38N2O3S. The van der Waals surface area contributed by atoms with Crippen LogP contribution in [0, 0.1) is 18.8 Å². The van der Waals surface area contributed by atoms with Crippen molar-refractivity contribution in [2.45, 2.75) is 69.0 Å². The minimum absolute atomic E-state index is 0.104. The number of carbonyl (C=O) groups is 1. The first-order valence-electron chi connectivity index (χ1n) is 12.6. The number of nitrogens with one attached hydrogen (secondary N) is 1. The maximum Gasteiger partial charge on any atom is 0.252 e. The number of amides is 1. The Morgan fingerprint density at radius 2 is 1.85 bits per heavy atom. The van der Waals surface area contributed by atoms with Gasteiger partial charge in [-0.05, 0) is 62.8 Å². The number of hydrogen-bond donors (Lipinski definition) is 3. The molecule has 6 heteroatoms. The Kier molecular flexibility index (Phi) is 8.56. The predicted octanol–water partition coefficient (Wildman–Crippen LogP) is 4.85. The largest absolute Gasteiger partial charge is 0.508 e. The van der Waals surface area contributed by atoms with Gasteiger partial charge < -0.3 is 15.5 Å². The van der Waals surface area contributed by atoms with Crippen LogP contribution in [0.3, 0.4) is 0 Å². The van der Waals surface area contributed by atoms with Crippen molar-refractivity contribution in [3.63, 3.8) is 0 Å². The number of thioether (sulfide) groups is 1. The molecule has 1 saturated carbocycles. The zero-order chi connectivity index (χ0) is 24.1. The number of hydrogen-bond acceptors (Lipinski definition) is 5. The quantitative estimate of drug-likeness (QED) is 0.469. The molecule has 1 aliphatic carbocycles. The number of phenols is 1. The van der Waals surface area contributed by atoms with E-state index in [1.54, 1.807) is 36.9 Å². The number of rotatable bonds is 8. The third kappa shape index (κ3) is 6.15. The van der Waals surface area contributed by atoms with Gasteiger partial charge in [0.05, 0.1) is 12.1 Å². The Labute approximate surface area is 207 Å². The molecule has 0 spiro atoms. The second-order valence-corrected chi connectivity index (χ2v) is 11.2. The fourth-order valence-electron chi connectivity index (χ4n) is 5.59. The Bertz CT molecular complexity index is 954. The number of nitrogens with zero attached hydrogens (tertiary/aromatic N) is 1. The lowest BCUT2D eigenvalue weighted by molar-refractivity contribution is 0.00588. The van der Waals surface area contributed by atoms with E-state index < -0.39 is 12.1 Å². The highest BCUT2D eigenvalue weighted by Crippen LogP contribution is 2.38. The molecule has 2 aromatic carbocycles. The molecule has 0 aromatic heterocycles. The van der Waals surface area contributed by atoms with Crippen molar-refractivity contribution in [3.8, 4) is 5.75 Å². The molecule has 3 unspecified atom stereocenters. The summed E-state index contributed by atoms with van der Waals surface area (Å²) >= 11 is 1.64. The van der Waals surface area contributed by atoms with E-state index in [9.17, 15) is 15.0 Å². The summed E-state index contributed by atoms with van der Waals surface area (Å²) in [4.78, 5) is 16.7. The van der Waals surface area contributed by atoms with Crippen LogP contribution >= 0.6 is 11.8 Å². The number of likely N-dealkylation sites (tertiary alicyclic amines) is 1. The van der Waals surface area contributed by atoms with Gasteiger partial charge >= 0.3 is 0 Å². The van der Waals surface area contributed by atoms with Gasteiger partial charge in [0.25, 0.3) is 5.91 Å². The van der Waals surface area contributed by atoms with Gasteiger partial charge in [-0.2, -0.15) is 0 Å². The van der Waals surface area contributed by atoms with E-state index in [-0.39, 0.29) is 11.7 Å². The molecule has 0 radical (unpaired) electrons. The second kappa shape index (κ2) is 11.6. The Balaban J connectivity index is 1.46. The van der Waals surface area contributed by atoms with Gasteiger partial charge in [0.2, 0.25) is 0 Å². The SMILES string of the molecule is Cc1c(O)cccc1C(=O)N[C@@H](CSc1ccccc1)C(O)CN1CC2CCCCC2C[C@H]1C. The van der Waals surface area contributed by atoms with Crippen LogP contribution in [-0.2, 0) is 0 Å². The molecule has 184 valence electrons. The fraction of sp³-hybridized carbons (Fsp3) is 0.536. The summed E-state index contributed by atoms with van der Waals surface area (Å²) in [5.41, 5.74) is 0.996. The topological polar surface area (TPSA) is 72.8 Å². The van der Waals surface area contributed by atoms with Crippen LogP contribution in [0.4, 0.5) is 0 Å². The first kappa shape index (κ1) is 25.1. The number of piperidine rings is 1. The highest BCUT2D eigenvalue weighted by Gasteiger charge is 2.36. The Morgan fingerprint density at radius 1 is 1.12 bits per heavy atom. The van der Waals surface area contributed by atoms with Gasteiger partial charge in [-0.25, -0.2) is 0 Å². The van der Waals surface area contributed by atoms with Gasteiger partial charge in [0.15, 0.2) is 0 Å². The second-order valence-electron chi connectivity index (χ2n) is 10.1. The summed E-state index contributed by atoms with van der Waals surface area (Å²) < 4.78 is 0. The summed E-state index contributed by atoms with van der Waals surface area (Å²) in [6.07, 6.45) is 5.85. The summed E-state index contributed by atoms with van der Waals surface area (Å²) in [6, 6.07) is 15.1. The molecule has 5 nitrogen and oxygen atoms in total. The summed E-state index contributed by atoms with van der Waals surface area (Å²) in [6.45, 7) is 5.62. The van der Waals surface area contributed by atoms with Crippen LogP contribution in [-0.4, -0.2) is 58.1 Å². The molecule has 2 fully saturated rings. The third-order valence-corrected chi connectivity index (χ3v) is 8.86. The number of β-amino-alcohol motifs (C(OH)–C–C–N with tert-alkyl or cyclic N) is 1. The molecule has 1 aliphatic heterocycles. The number of carbonyl (C=O) groups excluding carboxylic acids is 1. The Morgan fingerprint density at radius 3 is 2.62 bits per heavy atom. The number of benzene rings is 2. The molecule has 4 rings (SSSR count). The van der Waals surface area contributed by atoms with Crippen molar-refractivity contribution >= 4 is 17.7 Å². The third-order valence-electron chi connectivity index (χ3n) is 7.73. The van der Waals surface area contributed by atoms with Crippen LogP contribution < -0.4 is 5.32 Å². The normalized spacial score (nSPS) is 24.7. The average molecular weight is 483 g/mol. The molecule has 1 amide bonds. The number of aliphatic hydroxyl groups excluding tert-OH is 1. The zero-order valence-electron chi connectivity index (χ0n) is 20.3. The Hall–Kier alpha value is -2.02. The van der Waals surface area contributed by atoms with Crippen molar-refractivity contribution in [2.24, 2.45) is 11.8 Å². The van der Waals surface area contributed by atoms with E-state index in [1.807, 2.05) is 30.3 Å². The molecule has 1 saturated heterocycles. The van der Waals surface area contributed by atoms with Crippen LogP contribution in [0.1, 0.15) is 54.9 Å². The van der Waals surface area contributed by atoms with Gasteiger partial charge in [-0.1, -0.05) is 43.5 Å². The minimum Gasteiger partial charge on any atom is -0.508 e. The van der Waals surface area contributed by atoms with E-state index in [0.717, 1.165) is 23.3 Å². The van der Waals surface area contributed by atoms with Crippen LogP contribution in [0.5, 0.6) is 5.75 Å². The highest BCUT2D eigenvalue weighted by molar-refractivity contribution is 7.99. The lowest BCUT2D eigenvalue weighted by atomic mass is 9.73. The molecule has 2 aromatic rings. The predicted molar refractivity (Wildman–Crippen MR) is 138 cm³/mol. The summed E-state index contributed by atoms with van der Waals surface area (Å²) in [7, 11) is 0. The molecular weight excluding hydrogens is 444 g/mol. The molecule has 2 aliphatic rings. The molecule has 1 heterocycles. The average Bonchev–Trinajstić information content (AvgIpc) is 2.84. The van der Waals surface area contributed by atoms with Crippen molar-refractivity contribution in [1.29, 1.82) is 0 Å². The molecule has 3 N–H and O–H groups in total. The van der Waals surface area contributed by atoms with E-state index in [1.165, 1.54) is 32.1 Å². The molecule has 34 heavy (non-hydrogen) atoms. The summed E-state index contributed by atoms with van der Waals surface area (Å²) in [5.74, 6) is 1.98. The van der Waals surface area contributed by atoms with Gasteiger partial charge in [-0.15, -0.1) is 11.8 Å². The smallest absolute Gasteiger partial charge is 0.252 e. The molecule has 5 atom stereocenters. The highest BCUT2D eigenvalue weighted by atomic mass is 32.2. The van der Waals surface area contributed by atoms with Crippen molar-refractivity contribution in [1.82, 2.24) is 10.2 Å². The van der Waals surface area contributed by atoms with E-state index in [2.05, 4.69) is 17.1 Å². The zero-order valence-corrected chi connectivity index (χ0v) is 21.1. The van der Waals surface area contributed by atoms with E-state index in [0.29, 0.717) is 29.5 Å². The maximum atomic E-state index is 13.1. The number of fused-ring (bicyclic) bond motifs is 1. The minimum atomic E-state index is -0.680. The van der Waals surface area contributed by atoms with Crippen LogP contribution in [0.25, 0.3) is 0 Å². The van der Waals surface area contributed by atoms with Gasteiger partial charge in [0, 0.05) is 40.9 Å². The number of aliphatic hydroxyl groups is 1. The number of aromatic hydroxyl groups is 1. The lowest BCUT2D eigenvalue weighted by Crippen LogP contribution is -2.54. The first-order valence-corrected chi connectivity index (χ1v) is 13.6. The fourth-order valence-corrected chi connectivity index (χ4v) is 6.62. The van der Waals surface area contributed by atoms with Crippen molar-refractivity contribution in [3.05, 3.63) is 59.7 Å². The van der Waals surface area contributed by atoms with Gasteiger partial charge in [0.1, 0.15) is 5.75 Å². The summed E-state index contributed by atoms with van der Waals surface area (Å²) in [5, 5.41) is 24.5. The maximum absolute atomic E-state index is 13.1. The van der Waals surface area contributed by atoms with Crippen LogP contribution in [0.2, 0.25) is 0 Å². The lowest BCUT2D eigenvalue weighted by Gasteiger charge is -2.46. The van der Waals surface area contributed by atoms with Crippen LogP contribution in [0.15, 0.2) is 53.4 Å². The first-order chi connectivity index (χ1) is 16.4. The van der Waals surface area contributed by atoms with E-state index in [4.69, 9.17) is 0 Å². The monoisotopic (exact) mass is 482 g/mol. The van der Waals surface area contributed by atoms with Crippen molar-refractivity contribution < 1.29 is 15.0 Å².